The number of aromatic nitrogens is 1. The van der Waals surface area contributed by atoms with Crippen molar-refractivity contribution in [3.8, 4) is 0 Å². The molecule has 1 amide bonds. The Morgan fingerprint density at radius 2 is 1.79 bits per heavy atom. The summed E-state index contributed by atoms with van der Waals surface area (Å²) in [4.78, 5) is 26.3. The standard InChI is InChI=1S/C24H35F2N3O.CH2O2/c25-24(26)29-12-6-10-21(29)23(30)27-15-18-14-19(16-27)22(13-17-7-2-1-3-8-17)28-11-5-4-9-20(18)28;2-1-3/h6,10,12,17-20,22,24H,1-5,7-9,11,13-16H2;1H,(H,2,3)/t18-,19+,20+,22+;/m1./s1. The van der Waals surface area contributed by atoms with E-state index in [0.29, 0.717) is 23.9 Å². The van der Waals surface area contributed by atoms with Gasteiger partial charge in [0.2, 0.25) is 0 Å². The molecule has 6 nitrogen and oxygen atoms in total. The molecule has 1 N–H and O–H groups in total. The summed E-state index contributed by atoms with van der Waals surface area (Å²) in [6.07, 6.45) is 14.4. The van der Waals surface area contributed by atoms with Crippen LogP contribution in [0.2, 0.25) is 0 Å². The molecule has 0 spiro atoms. The Morgan fingerprint density at radius 3 is 2.52 bits per heavy atom. The SMILES string of the molecule is O=C(c1cccn1C(F)F)N1C[C@H]2C[C@@H](C1)[C@H](CC1CCCCC1)N1CCCC[C@@H]21.O=CO. The lowest BCUT2D eigenvalue weighted by atomic mass is 9.69. The van der Waals surface area contributed by atoms with Gasteiger partial charge < -0.3 is 10.0 Å². The van der Waals surface area contributed by atoms with Gasteiger partial charge in [0.15, 0.2) is 0 Å². The number of amides is 1. The lowest BCUT2D eigenvalue weighted by Crippen LogP contribution is -2.64. The number of likely N-dealkylation sites (tertiary alicyclic amines) is 1. The van der Waals surface area contributed by atoms with E-state index >= 15 is 0 Å². The number of alkyl halides is 2. The number of hydrogen-bond acceptors (Lipinski definition) is 3. The van der Waals surface area contributed by atoms with Crippen LogP contribution in [0, 0.1) is 17.8 Å². The number of piperidine rings is 3. The molecular weight excluding hydrogens is 428 g/mol. The molecular formula is C25H37F2N3O3. The van der Waals surface area contributed by atoms with Crippen molar-refractivity contribution in [2.45, 2.75) is 82.8 Å². The molecule has 3 saturated heterocycles. The summed E-state index contributed by atoms with van der Waals surface area (Å²) in [5.41, 5.74) is 0.134. The number of carbonyl (C=O) groups is 2. The molecule has 184 valence electrons. The van der Waals surface area contributed by atoms with Crippen LogP contribution in [0.15, 0.2) is 18.3 Å². The van der Waals surface area contributed by atoms with Crippen molar-refractivity contribution in [1.82, 2.24) is 14.4 Å². The summed E-state index contributed by atoms with van der Waals surface area (Å²) >= 11 is 0. The third-order valence-corrected chi connectivity index (χ3v) is 8.42. The van der Waals surface area contributed by atoms with E-state index < -0.39 is 6.55 Å². The van der Waals surface area contributed by atoms with Crippen molar-refractivity contribution in [2.75, 3.05) is 19.6 Å². The van der Waals surface area contributed by atoms with Gasteiger partial charge in [-0.15, -0.1) is 0 Å². The number of rotatable bonds is 4. The summed E-state index contributed by atoms with van der Waals surface area (Å²) in [6.45, 7) is -0.265. The Labute approximate surface area is 194 Å². The Morgan fingerprint density at radius 1 is 1.09 bits per heavy atom. The zero-order valence-corrected chi connectivity index (χ0v) is 19.3. The van der Waals surface area contributed by atoms with Crippen molar-refractivity contribution in [3.63, 3.8) is 0 Å². The first-order valence-electron chi connectivity index (χ1n) is 12.6. The van der Waals surface area contributed by atoms with Gasteiger partial charge in [0, 0.05) is 31.4 Å². The molecule has 0 radical (unpaired) electrons. The largest absolute Gasteiger partial charge is 0.483 e. The molecule has 33 heavy (non-hydrogen) atoms. The molecule has 3 aliphatic heterocycles. The smallest absolute Gasteiger partial charge is 0.319 e. The second-order valence-corrected chi connectivity index (χ2v) is 10.3. The van der Waals surface area contributed by atoms with Crippen LogP contribution in [0.1, 0.15) is 81.2 Å². The number of hydrogen-bond donors (Lipinski definition) is 1. The third kappa shape index (κ3) is 5.26. The van der Waals surface area contributed by atoms with Gasteiger partial charge in [0.1, 0.15) is 5.69 Å². The van der Waals surface area contributed by atoms with E-state index in [1.165, 1.54) is 76.9 Å². The van der Waals surface area contributed by atoms with Crippen LogP contribution in [-0.4, -0.2) is 63.6 Å². The fourth-order valence-corrected chi connectivity index (χ4v) is 7.07. The van der Waals surface area contributed by atoms with E-state index in [2.05, 4.69) is 4.90 Å². The molecule has 0 aromatic carbocycles. The average molecular weight is 466 g/mol. The van der Waals surface area contributed by atoms with Gasteiger partial charge in [0.25, 0.3) is 12.4 Å². The highest BCUT2D eigenvalue weighted by Crippen LogP contribution is 2.44. The van der Waals surface area contributed by atoms with E-state index in [-0.39, 0.29) is 18.1 Å². The number of nitrogens with zero attached hydrogens (tertiary/aromatic N) is 3. The molecule has 8 heteroatoms. The van der Waals surface area contributed by atoms with Crippen LogP contribution >= 0.6 is 0 Å². The number of fused-ring (bicyclic) bond motifs is 4. The highest BCUT2D eigenvalue weighted by Gasteiger charge is 2.48. The summed E-state index contributed by atoms with van der Waals surface area (Å²) in [5, 5.41) is 6.89. The number of halogens is 2. The van der Waals surface area contributed by atoms with Crippen LogP contribution in [0.4, 0.5) is 8.78 Å². The van der Waals surface area contributed by atoms with Crippen molar-refractivity contribution in [3.05, 3.63) is 24.0 Å². The van der Waals surface area contributed by atoms with Crippen LogP contribution in [0.3, 0.4) is 0 Å². The highest BCUT2D eigenvalue weighted by atomic mass is 19.3. The summed E-state index contributed by atoms with van der Waals surface area (Å²) < 4.78 is 27.5. The number of carboxylic acid groups (broad SMARTS) is 1. The zero-order valence-electron chi connectivity index (χ0n) is 19.3. The van der Waals surface area contributed by atoms with Gasteiger partial charge in [-0.2, -0.15) is 8.78 Å². The normalized spacial score (nSPS) is 30.3. The van der Waals surface area contributed by atoms with Crippen LogP contribution in [-0.2, 0) is 4.79 Å². The summed E-state index contributed by atoms with van der Waals surface area (Å²) in [6, 6.07) is 4.23. The van der Waals surface area contributed by atoms with Gasteiger partial charge in [-0.3, -0.25) is 19.1 Å². The Bertz CT molecular complexity index is 796. The van der Waals surface area contributed by atoms with Crippen molar-refractivity contribution in [1.29, 1.82) is 0 Å². The van der Waals surface area contributed by atoms with E-state index in [9.17, 15) is 13.6 Å². The molecule has 1 aliphatic carbocycles. The fraction of sp³-hybridized carbons (Fsp3) is 0.760. The van der Waals surface area contributed by atoms with Crippen molar-refractivity contribution < 1.29 is 23.5 Å². The van der Waals surface area contributed by atoms with Gasteiger partial charge in [0.05, 0.1) is 0 Å². The molecule has 2 bridgehead atoms. The van der Waals surface area contributed by atoms with Gasteiger partial charge in [-0.05, 0) is 62.1 Å². The maximum Gasteiger partial charge on any atom is 0.319 e. The number of carbonyl (C=O) groups excluding carboxylic acids is 1. The minimum Gasteiger partial charge on any atom is -0.483 e. The molecule has 4 fully saturated rings. The molecule has 4 aliphatic rings. The van der Waals surface area contributed by atoms with Crippen LogP contribution < -0.4 is 0 Å². The van der Waals surface area contributed by atoms with E-state index in [1.807, 2.05) is 4.90 Å². The van der Waals surface area contributed by atoms with Crippen LogP contribution in [0.25, 0.3) is 0 Å². The molecule has 1 aromatic heterocycles. The summed E-state index contributed by atoms with van der Waals surface area (Å²) in [7, 11) is 0. The van der Waals surface area contributed by atoms with Crippen molar-refractivity contribution >= 4 is 12.4 Å². The highest BCUT2D eigenvalue weighted by molar-refractivity contribution is 5.93. The second-order valence-electron chi connectivity index (χ2n) is 10.3. The Hall–Kier alpha value is -1.96. The molecule has 1 aromatic rings. The minimum absolute atomic E-state index is 0.134. The quantitative estimate of drug-likeness (QED) is 0.645. The molecule has 4 atom stereocenters. The average Bonchev–Trinajstić information content (AvgIpc) is 3.33. The molecule has 4 heterocycles. The van der Waals surface area contributed by atoms with Crippen molar-refractivity contribution in [2.24, 2.45) is 17.8 Å². The first-order valence-corrected chi connectivity index (χ1v) is 12.6. The predicted octanol–water partition coefficient (Wildman–Crippen LogP) is 4.87. The summed E-state index contributed by atoms with van der Waals surface area (Å²) in [5.74, 6) is 1.59. The monoisotopic (exact) mass is 465 g/mol. The molecule has 5 rings (SSSR count). The molecule has 0 unspecified atom stereocenters. The zero-order chi connectivity index (χ0) is 23.4. The second kappa shape index (κ2) is 11.0. The molecule has 1 saturated carbocycles. The Balaban J connectivity index is 0.000000821. The topological polar surface area (TPSA) is 65.8 Å². The van der Waals surface area contributed by atoms with E-state index in [4.69, 9.17) is 9.90 Å². The maximum atomic E-state index is 13.3. The third-order valence-electron chi connectivity index (χ3n) is 8.42. The van der Waals surface area contributed by atoms with Crippen LogP contribution in [0.5, 0.6) is 0 Å². The lowest BCUT2D eigenvalue weighted by Gasteiger charge is -2.57. The maximum absolute atomic E-state index is 13.3. The minimum atomic E-state index is -2.67. The van der Waals surface area contributed by atoms with E-state index in [0.717, 1.165) is 23.6 Å². The predicted molar refractivity (Wildman–Crippen MR) is 121 cm³/mol. The van der Waals surface area contributed by atoms with Gasteiger partial charge in [-0.25, -0.2) is 0 Å². The first-order chi connectivity index (χ1) is 16.0. The van der Waals surface area contributed by atoms with Gasteiger partial charge in [-0.1, -0.05) is 38.5 Å². The van der Waals surface area contributed by atoms with Gasteiger partial charge >= 0.3 is 6.55 Å². The first kappa shape index (κ1) is 24.2. The Kier molecular flexibility index (Phi) is 8.04. The van der Waals surface area contributed by atoms with E-state index in [1.54, 1.807) is 12.1 Å². The lowest BCUT2D eigenvalue weighted by molar-refractivity contribution is -0.122. The fourth-order valence-electron chi connectivity index (χ4n) is 7.07.